The lowest BCUT2D eigenvalue weighted by Gasteiger charge is -2.34. The van der Waals surface area contributed by atoms with Crippen LogP contribution in [0.2, 0.25) is 0 Å². The minimum atomic E-state index is -3.46. The van der Waals surface area contributed by atoms with Crippen molar-refractivity contribution in [2.75, 3.05) is 32.7 Å². The number of nitrogens with zero attached hydrogens (tertiary/aromatic N) is 1. The van der Waals surface area contributed by atoms with Crippen LogP contribution in [0.15, 0.2) is 23.1 Å². The number of quaternary nitrogens is 1. The summed E-state index contributed by atoms with van der Waals surface area (Å²) in [5.74, 6) is 0.0356. The predicted molar refractivity (Wildman–Crippen MR) is 101 cm³/mol. The number of nitrogens with one attached hydrogen (secondary N) is 2. The number of sulfonamides is 1. The maximum absolute atomic E-state index is 13.0. The molecule has 7 heteroatoms. The zero-order valence-corrected chi connectivity index (χ0v) is 16.6. The molecular weight excluding hydrogens is 350 g/mol. The van der Waals surface area contributed by atoms with E-state index in [1.165, 1.54) is 17.5 Å². The number of carbonyl (C=O) groups excluding carboxylic acids is 1. The van der Waals surface area contributed by atoms with Crippen molar-refractivity contribution in [1.29, 1.82) is 0 Å². The molecule has 0 spiro atoms. The number of hydrogen-bond acceptors (Lipinski definition) is 3. The number of piperazine rings is 1. The minimum Gasteiger partial charge on any atom is -0.351 e. The largest absolute Gasteiger partial charge is 0.351 e. The molecule has 2 N–H and O–H groups in total. The third-order valence-corrected chi connectivity index (χ3v) is 7.57. The van der Waals surface area contributed by atoms with Gasteiger partial charge in [-0.05, 0) is 62.8 Å². The van der Waals surface area contributed by atoms with E-state index in [2.05, 4.69) is 5.32 Å². The van der Waals surface area contributed by atoms with Crippen LogP contribution in [0, 0.1) is 0 Å². The minimum absolute atomic E-state index is 0.0356. The summed E-state index contributed by atoms with van der Waals surface area (Å²) in [4.78, 5) is 13.6. The highest BCUT2D eigenvalue weighted by atomic mass is 32.2. The molecule has 1 fully saturated rings. The molecule has 0 aromatic heterocycles. The van der Waals surface area contributed by atoms with E-state index in [1.54, 1.807) is 10.4 Å². The van der Waals surface area contributed by atoms with E-state index in [-0.39, 0.29) is 11.9 Å². The fourth-order valence-corrected chi connectivity index (χ4v) is 5.47. The van der Waals surface area contributed by atoms with Gasteiger partial charge in [-0.1, -0.05) is 6.07 Å². The van der Waals surface area contributed by atoms with Crippen molar-refractivity contribution in [2.45, 2.75) is 50.5 Å². The molecule has 1 aromatic carbocycles. The maximum atomic E-state index is 13.0. The normalized spacial score (nSPS) is 20.4. The van der Waals surface area contributed by atoms with E-state index < -0.39 is 10.0 Å². The van der Waals surface area contributed by atoms with Gasteiger partial charge >= 0.3 is 0 Å². The monoisotopic (exact) mass is 380 g/mol. The van der Waals surface area contributed by atoms with Gasteiger partial charge in [-0.25, -0.2) is 8.42 Å². The molecule has 0 saturated carbocycles. The lowest BCUT2D eigenvalue weighted by atomic mass is 9.92. The van der Waals surface area contributed by atoms with Crippen LogP contribution in [0.5, 0.6) is 0 Å². The van der Waals surface area contributed by atoms with Crippen molar-refractivity contribution in [3.05, 3.63) is 29.3 Å². The Bertz CT molecular complexity index is 755. The first-order valence-electron chi connectivity index (χ1n) is 9.67. The number of fused-ring (bicyclic) bond motifs is 1. The van der Waals surface area contributed by atoms with Crippen LogP contribution in [-0.4, -0.2) is 57.4 Å². The molecule has 0 unspecified atom stereocenters. The lowest BCUT2D eigenvalue weighted by molar-refractivity contribution is -0.917. The molecule has 0 radical (unpaired) electrons. The van der Waals surface area contributed by atoms with Gasteiger partial charge < -0.3 is 10.2 Å². The summed E-state index contributed by atoms with van der Waals surface area (Å²) in [6, 6.07) is 5.47. The van der Waals surface area contributed by atoms with E-state index in [9.17, 15) is 13.2 Å². The van der Waals surface area contributed by atoms with Crippen LogP contribution in [0.3, 0.4) is 0 Å². The molecule has 1 aliphatic heterocycles. The summed E-state index contributed by atoms with van der Waals surface area (Å²) in [6.07, 6.45) is 4.35. The Hall–Kier alpha value is -1.44. The Balaban J connectivity index is 1.67. The molecule has 1 atom stereocenters. The smallest absolute Gasteiger partial charge is 0.278 e. The van der Waals surface area contributed by atoms with Crippen LogP contribution < -0.4 is 10.2 Å². The molecular formula is C19H30N3O3S+. The van der Waals surface area contributed by atoms with Gasteiger partial charge in [0.05, 0.1) is 31.1 Å². The maximum Gasteiger partial charge on any atom is 0.278 e. The van der Waals surface area contributed by atoms with Gasteiger partial charge in [0, 0.05) is 6.54 Å². The molecule has 0 bridgehead atoms. The first-order valence-corrected chi connectivity index (χ1v) is 11.1. The van der Waals surface area contributed by atoms with Crippen LogP contribution in [0.4, 0.5) is 0 Å². The Morgan fingerprint density at radius 1 is 1.19 bits per heavy atom. The third kappa shape index (κ3) is 3.94. The predicted octanol–water partition coefficient (Wildman–Crippen LogP) is -0.0208. The van der Waals surface area contributed by atoms with Gasteiger partial charge in [0.2, 0.25) is 10.0 Å². The third-order valence-electron chi connectivity index (χ3n) is 5.68. The lowest BCUT2D eigenvalue weighted by Crippen LogP contribution is -3.19. The molecule has 1 aliphatic carbocycles. The van der Waals surface area contributed by atoms with Gasteiger partial charge in [0.25, 0.3) is 5.91 Å². The topological polar surface area (TPSA) is 70.9 Å². The van der Waals surface area contributed by atoms with Crippen LogP contribution in [0.25, 0.3) is 0 Å². The second-order valence-electron chi connectivity index (χ2n) is 7.32. The van der Waals surface area contributed by atoms with E-state index in [4.69, 9.17) is 0 Å². The van der Waals surface area contributed by atoms with Crippen molar-refractivity contribution >= 4 is 15.9 Å². The van der Waals surface area contributed by atoms with E-state index in [1.807, 2.05) is 26.0 Å². The number of benzene rings is 1. The SMILES string of the molecule is CCNC(=O)[C@@H](C)[NH+]1CCN(S(=O)(=O)c2ccc3c(c2)CCCC3)CC1. The number of likely N-dealkylation sites (N-methyl/N-ethyl adjacent to an activating group) is 1. The van der Waals surface area contributed by atoms with E-state index in [0.717, 1.165) is 24.2 Å². The molecule has 26 heavy (non-hydrogen) atoms. The summed E-state index contributed by atoms with van der Waals surface area (Å²) in [5, 5.41) is 2.85. The second-order valence-corrected chi connectivity index (χ2v) is 9.25. The van der Waals surface area contributed by atoms with E-state index >= 15 is 0 Å². The second kappa shape index (κ2) is 8.06. The molecule has 3 rings (SSSR count). The summed E-state index contributed by atoms with van der Waals surface area (Å²) in [6.45, 7) is 6.66. The van der Waals surface area contributed by atoms with Crippen molar-refractivity contribution in [3.63, 3.8) is 0 Å². The quantitative estimate of drug-likeness (QED) is 0.754. The van der Waals surface area contributed by atoms with Gasteiger partial charge in [-0.15, -0.1) is 0 Å². The molecule has 2 aliphatic rings. The number of hydrogen-bond donors (Lipinski definition) is 2. The number of aryl methyl sites for hydroxylation is 2. The highest BCUT2D eigenvalue weighted by Gasteiger charge is 2.34. The van der Waals surface area contributed by atoms with Crippen molar-refractivity contribution in [2.24, 2.45) is 0 Å². The zero-order valence-electron chi connectivity index (χ0n) is 15.8. The van der Waals surface area contributed by atoms with Crippen LogP contribution in [-0.2, 0) is 27.7 Å². The van der Waals surface area contributed by atoms with Crippen molar-refractivity contribution < 1.29 is 18.1 Å². The van der Waals surface area contributed by atoms with Crippen molar-refractivity contribution in [3.8, 4) is 0 Å². The Morgan fingerprint density at radius 3 is 2.50 bits per heavy atom. The summed E-state index contributed by atoms with van der Waals surface area (Å²) >= 11 is 0. The van der Waals surface area contributed by atoms with Gasteiger partial charge in [-0.3, -0.25) is 4.79 Å². The number of amides is 1. The fraction of sp³-hybridized carbons (Fsp3) is 0.632. The Kier molecular flexibility index (Phi) is 5.99. The molecule has 6 nitrogen and oxygen atoms in total. The molecule has 1 heterocycles. The molecule has 1 saturated heterocycles. The molecule has 144 valence electrons. The first kappa shape index (κ1) is 19.3. The molecule has 1 amide bonds. The Morgan fingerprint density at radius 2 is 1.85 bits per heavy atom. The van der Waals surface area contributed by atoms with Crippen molar-refractivity contribution in [1.82, 2.24) is 9.62 Å². The first-order chi connectivity index (χ1) is 12.4. The average molecular weight is 381 g/mol. The van der Waals surface area contributed by atoms with Gasteiger partial charge in [0.1, 0.15) is 0 Å². The Labute approximate surface area is 156 Å². The zero-order chi connectivity index (χ0) is 18.7. The summed E-state index contributed by atoms with van der Waals surface area (Å²) in [5.41, 5.74) is 2.48. The van der Waals surface area contributed by atoms with E-state index in [0.29, 0.717) is 37.6 Å². The van der Waals surface area contributed by atoms with Gasteiger partial charge in [-0.2, -0.15) is 4.31 Å². The summed E-state index contributed by atoms with van der Waals surface area (Å²) < 4.78 is 27.6. The molecule has 1 aromatic rings. The highest BCUT2D eigenvalue weighted by Crippen LogP contribution is 2.25. The highest BCUT2D eigenvalue weighted by molar-refractivity contribution is 7.89. The fourth-order valence-electron chi connectivity index (χ4n) is 3.98. The number of rotatable bonds is 5. The van der Waals surface area contributed by atoms with Crippen LogP contribution in [0.1, 0.15) is 37.8 Å². The van der Waals surface area contributed by atoms with Crippen LogP contribution >= 0.6 is 0 Å². The van der Waals surface area contributed by atoms with Gasteiger partial charge in [0.15, 0.2) is 6.04 Å². The summed E-state index contributed by atoms with van der Waals surface area (Å²) in [7, 11) is -3.46. The average Bonchev–Trinajstić information content (AvgIpc) is 2.67. The number of carbonyl (C=O) groups is 1. The standard InChI is InChI=1S/C19H29N3O3S/c1-3-20-19(23)15(2)21-10-12-22(13-11-21)26(24,25)18-9-8-16-6-4-5-7-17(16)14-18/h8-9,14-15H,3-7,10-13H2,1-2H3,(H,20,23)/p+1/t15-/m1/s1.